The quantitative estimate of drug-likeness (QED) is 0.178. The number of benzene rings is 2. The summed E-state index contributed by atoms with van der Waals surface area (Å²) in [6.45, 7) is -0.172. The first kappa shape index (κ1) is 18.2. The van der Waals surface area contributed by atoms with Gasteiger partial charge in [0.15, 0.2) is 5.90 Å². The largest absolute Gasteiger partial charge is 0.484 e. The van der Waals surface area contributed by atoms with E-state index in [4.69, 9.17) is 15.7 Å². The number of azide groups is 1. The van der Waals surface area contributed by atoms with Crippen LogP contribution in [-0.4, -0.2) is 24.7 Å². The van der Waals surface area contributed by atoms with Gasteiger partial charge in [-0.1, -0.05) is 51.0 Å². The lowest BCUT2D eigenvalue weighted by atomic mass is 10.00. The molecule has 0 radical (unpaired) electrons. The summed E-state index contributed by atoms with van der Waals surface area (Å²) in [6, 6.07) is 15.0. The average molecular weight is 360 g/mol. The molecule has 0 aliphatic rings. The van der Waals surface area contributed by atoms with Gasteiger partial charge < -0.3 is 9.84 Å². The molecule has 0 spiro atoms. The first-order valence-electron chi connectivity index (χ1n) is 7.01. The van der Waals surface area contributed by atoms with Crippen LogP contribution in [0.4, 0.5) is 5.69 Å². The van der Waals surface area contributed by atoms with Crippen molar-refractivity contribution in [2.24, 2.45) is 5.11 Å². The van der Waals surface area contributed by atoms with Crippen LogP contribution < -0.4 is 0 Å². The first-order chi connectivity index (χ1) is 11.7. The summed E-state index contributed by atoms with van der Waals surface area (Å²) in [5.41, 5.74) is 9.82. The minimum atomic E-state index is -0.455. The molecule has 8 heteroatoms. The molecule has 0 saturated carbocycles. The highest BCUT2D eigenvalue weighted by molar-refractivity contribution is 8.76. The molecule has 0 aromatic heterocycles. The molecule has 24 heavy (non-hydrogen) atoms. The third-order valence-corrected chi connectivity index (χ3v) is 5.61. The van der Waals surface area contributed by atoms with Crippen LogP contribution >= 0.6 is 21.6 Å². The highest BCUT2D eigenvalue weighted by atomic mass is 33.1. The topological polar surface area (TPSA) is 102 Å². The number of ether oxygens (including phenoxy) is 1. The number of nitrogens with one attached hydrogen (secondary N) is 1. The van der Waals surface area contributed by atoms with E-state index in [1.165, 1.54) is 7.11 Å². The first-order valence-corrected chi connectivity index (χ1v) is 9.16. The van der Waals surface area contributed by atoms with Gasteiger partial charge in [-0.15, -0.1) is 0 Å². The van der Waals surface area contributed by atoms with Gasteiger partial charge in [-0.3, -0.25) is 5.41 Å². The van der Waals surface area contributed by atoms with E-state index in [0.29, 0.717) is 5.69 Å². The van der Waals surface area contributed by atoms with E-state index < -0.39 is 5.92 Å². The summed E-state index contributed by atoms with van der Waals surface area (Å²) in [7, 11) is 4.58. The molecule has 1 unspecified atom stereocenters. The Balaban J connectivity index is 2.06. The van der Waals surface area contributed by atoms with E-state index in [0.717, 1.165) is 15.4 Å². The monoisotopic (exact) mass is 360 g/mol. The number of nitrogens with zero attached hydrogens (tertiary/aromatic N) is 3. The molecular formula is C16H16N4O2S2. The summed E-state index contributed by atoms with van der Waals surface area (Å²) < 4.78 is 4.93. The second-order valence-corrected chi connectivity index (χ2v) is 7.00. The lowest BCUT2D eigenvalue weighted by Crippen LogP contribution is -2.17. The lowest BCUT2D eigenvalue weighted by Gasteiger charge is -2.15. The maximum absolute atomic E-state index is 9.48. The number of rotatable bonds is 7. The van der Waals surface area contributed by atoms with E-state index in [1.807, 2.05) is 36.4 Å². The van der Waals surface area contributed by atoms with Gasteiger partial charge in [0.2, 0.25) is 0 Å². The molecule has 0 fully saturated rings. The van der Waals surface area contributed by atoms with Gasteiger partial charge in [0.25, 0.3) is 0 Å². The van der Waals surface area contributed by atoms with Crippen LogP contribution in [0.15, 0.2) is 63.4 Å². The second-order valence-electron chi connectivity index (χ2n) is 4.73. The van der Waals surface area contributed by atoms with E-state index in [-0.39, 0.29) is 12.5 Å². The highest BCUT2D eigenvalue weighted by Gasteiger charge is 2.17. The van der Waals surface area contributed by atoms with Crippen LogP contribution in [0.5, 0.6) is 0 Å². The number of hydrogen-bond acceptors (Lipinski definition) is 6. The zero-order chi connectivity index (χ0) is 17.4. The SMILES string of the molecule is COC(=N)C(CO)c1cccc(SSc2ccc(N=[N+]=[N-])cc2)c1. The molecule has 0 saturated heterocycles. The van der Waals surface area contributed by atoms with Crippen molar-refractivity contribution in [2.45, 2.75) is 15.7 Å². The predicted octanol–water partition coefficient (Wildman–Crippen LogP) is 5.13. The fraction of sp³-hybridized carbons (Fsp3) is 0.188. The fourth-order valence-corrected chi connectivity index (χ4v) is 3.96. The minimum absolute atomic E-state index is 0.0425. The zero-order valence-corrected chi connectivity index (χ0v) is 14.5. The second kappa shape index (κ2) is 9.24. The standard InChI is InChI=1S/C16H16N4O2S2/c1-22-16(17)15(10-21)11-3-2-4-14(9-11)24-23-13-7-5-12(6-8-13)19-20-18/h2-9,15,17,21H,10H2,1H3. The Hall–Kier alpha value is -2.12. The molecule has 0 aliphatic heterocycles. The molecular weight excluding hydrogens is 344 g/mol. The average Bonchev–Trinajstić information content (AvgIpc) is 2.62. The number of aliphatic hydroxyl groups excluding tert-OH is 1. The van der Waals surface area contributed by atoms with Gasteiger partial charge in [-0.2, -0.15) is 0 Å². The maximum Gasteiger partial charge on any atom is 0.190 e. The van der Waals surface area contributed by atoms with Crippen molar-refractivity contribution in [1.29, 1.82) is 5.41 Å². The number of aliphatic hydroxyl groups is 1. The Morgan fingerprint density at radius 2 is 1.96 bits per heavy atom. The minimum Gasteiger partial charge on any atom is -0.484 e. The Morgan fingerprint density at radius 3 is 2.58 bits per heavy atom. The zero-order valence-electron chi connectivity index (χ0n) is 12.9. The van der Waals surface area contributed by atoms with Gasteiger partial charge in [-0.25, -0.2) is 0 Å². The van der Waals surface area contributed by atoms with Gasteiger partial charge >= 0.3 is 0 Å². The molecule has 2 N–H and O–H groups in total. The highest BCUT2D eigenvalue weighted by Crippen LogP contribution is 2.38. The van der Waals surface area contributed by atoms with Crippen molar-refractivity contribution in [1.82, 2.24) is 0 Å². The van der Waals surface area contributed by atoms with Crippen LogP contribution in [-0.2, 0) is 4.74 Å². The smallest absolute Gasteiger partial charge is 0.190 e. The third kappa shape index (κ3) is 4.94. The van der Waals surface area contributed by atoms with E-state index in [1.54, 1.807) is 33.7 Å². The molecule has 2 aromatic carbocycles. The van der Waals surface area contributed by atoms with Gasteiger partial charge in [0, 0.05) is 20.4 Å². The molecule has 124 valence electrons. The van der Waals surface area contributed by atoms with Gasteiger partial charge in [0.05, 0.1) is 19.6 Å². The van der Waals surface area contributed by atoms with Gasteiger partial charge in [-0.05, 0) is 35.4 Å². The number of methoxy groups -OCH3 is 1. The Kier molecular flexibility index (Phi) is 7.02. The van der Waals surface area contributed by atoms with Crippen molar-refractivity contribution in [3.63, 3.8) is 0 Å². The van der Waals surface area contributed by atoms with Crippen molar-refractivity contribution in [2.75, 3.05) is 13.7 Å². The van der Waals surface area contributed by atoms with E-state index in [9.17, 15) is 5.11 Å². The summed E-state index contributed by atoms with van der Waals surface area (Å²) >= 11 is 0. The van der Waals surface area contributed by atoms with E-state index >= 15 is 0 Å². The third-order valence-electron chi connectivity index (χ3n) is 3.21. The normalized spacial score (nSPS) is 11.4. The van der Waals surface area contributed by atoms with Crippen molar-refractivity contribution >= 4 is 33.2 Å². The summed E-state index contributed by atoms with van der Waals surface area (Å²) in [5.74, 6) is -0.412. The van der Waals surface area contributed by atoms with Crippen LogP contribution in [0.2, 0.25) is 0 Å². The lowest BCUT2D eigenvalue weighted by molar-refractivity contribution is 0.268. The Labute approximate surface area is 147 Å². The van der Waals surface area contributed by atoms with Crippen LogP contribution in [0.3, 0.4) is 0 Å². The molecule has 6 nitrogen and oxygen atoms in total. The maximum atomic E-state index is 9.48. The van der Waals surface area contributed by atoms with Crippen LogP contribution in [0, 0.1) is 5.41 Å². The van der Waals surface area contributed by atoms with Crippen molar-refractivity contribution in [3.8, 4) is 0 Å². The fourth-order valence-electron chi connectivity index (χ4n) is 1.98. The summed E-state index contributed by atoms with van der Waals surface area (Å²) in [6.07, 6.45) is 0. The van der Waals surface area contributed by atoms with Crippen LogP contribution in [0.1, 0.15) is 11.5 Å². The molecule has 0 aliphatic carbocycles. The van der Waals surface area contributed by atoms with Crippen molar-refractivity contribution in [3.05, 3.63) is 64.5 Å². The molecule has 0 amide bonds. The number of hydrogen-bond donors (Lipinski definition) is 2. The van der Waals surface area contributed by atoms with Crippen molar-refractivity contribution < 1.29 is 9.84 Å². The Morgan fingerprint density at radius 1 is 1.25 bits per heavy atom. The summed E-state index contributed by atoms with van der Waals surface area (Å²) in [5, 5.41) is 20.8. The molecule has 0 bridgehead atoms. The molecule has 2 rings (SSSR count). The molecule has 0 heterocycles. The van der Waals surface area contributed by atoms with Crippen LogP contribution in [0.25, 0.3) is 10.4 Å². The summed E-state index contributed by atoms with van der Waals surface area (Å²) in [4.78, 5) is 4.80. The van der Waals surface area contributed by atoms with E-state index in [2.05, 4.69) is 10.0 Å². The Bertz CT molecular complexity index is 746. The predicted molar refractivity (Wildman–Crippen MR) is 98.0 cm³/mol. The van der Waals surface area contributed by atoms with Gasteiger partial charge in [0.1, 0.15) is 0 Å². The molecule has 1 atom stereocenters. The molecule has 2 aromatic rings.